The van der Waals surface area contributed by atoms with Crippen LogP contribution in [0.2, 0.25) is 0 Å². The van der Waals surface area contributed by atoms with Crippen molar-refractivity contribution >= 4 is 70.0 Å². The normalized spacial score (nSPS) is 14.7. The number of fused-ring (bicyclic) bond motifs is 6. The monoisotopic (exact) mass is 689 g/mol. The molecule has 0 saturated heterocycles. The van der Waals surface area contributed by atoms with Gasteiger partial charge in [0.05, 0.1) is 21.2 Å². The van der Waals surface area contributed by atoms with Gasteiger partial charge >= 0.3 is 65.1 Å². The Morgan fingerprint density at radius 3 is 1.87 bits per heavy atom. The zero-order chi connectivity index (χ0) is 20.7. The van der Waals surface area contributed by atoms with E-state index in [4.69, 9.17) is 4.74 Å². The predicted octanol–water partition coefficient (Wildman–Crippen LogP) is -0.457. The molecule has 0 fully saturated rings. The van der Waals surface area contributed by atoms with Gasteiger partial charge in [-0.3, -0.25) is 0 Å². The molecular formula is C20H7Br4Na2O5+. The second-order valence-electron chi connectivity index (χ2n) is 6.55. The zero-order valence-corrected chi connectivity index (χ0v) is 26.4. The van der Waals surface area contributed by atoms with E-state index in [1.54, 1.807) is 12.1 Å². The molecular weight excluding hydrogens is 686 g/mol. The van der Waals surface area contributed by atoms with Crippen LogP contribution in [0.5, 0.6) is 23.0 Å². The molecule has 0 N–H and O–H groups in total. The molecule has 5 nitrogen and oxygen atoms in total. The molecule has 0 atom stereocenters. The fraction of sp³-hybridized carbons (Fsp3) is 0.0500. The van der Waals surface area contributed by atoms with Gasteiger partial charge < -0.3 is 18.4 Å². The molecule has 0 bridgehead atoms. The average Bonchev–Trinajstić information content (AvgIpc) is 2.89. The zero-order valence-electron chi connectivity index (χ0n) is 16.1. The van der Waals surface area contributed by atoms with Crippen molar-refractivity contribution in [2.45, 2.75) is 5.60 Å². The molecule has 0 amide bonds. The first-order valence-corrected chi connectivity index (χ1v) is 11.2. The number of ether oxygens (including phenoxy) is 1. The van der Waals surface area contributed by atoms with Gasteiger partial charge in [0.15, 0.2) is 5.56 Å². The minimum Gasteiger partial charge on any atom is -0.872 e. The minimum atomic E-state index is -1.22. The van der Waals surface area contributed by atoms with Gasteiger partial charge in [-0.15, -0.1) is 11.5 Å². The summed E-state index contributed by atoms with van der Waals surface area (Å²) in [4.78, 5) is 13.4. The molecule has 0 aromatic heterocycles. The number of benzene rings is 3. The fourth-order valence-electron chi connectivity index (χ4n) is 3.93. The van der Waals surface area contributed by atoms with Crippen LogP contribution in [-0.4, -0.2) is 5.97 Å². The number of hydrogen-bond donors (Lipinski definition) is 0. The van der Waals surface area contributed by atoms with Crippen molar-refractivity contribution in [3.05, 3.63) is 78.1 Å². The van der Waals surface area contributed by atoms with Gasteiger partial charge in [-0.2, -0.15) is 0 Å². The van der Waals surface area contributed by atoms with Crippen molar-refractivity contribution in [1.82, 2.24) is 0 Å². The molecule has 31 heavy (non-hydrogen) atoms. The number of rotatable bonds is 0. The van der Waals surface area contributed by atoms with Crippen LogP contribution in [0.4, 0.5) is 0 Å². The summed E-state index contributed by atoms with van der Waals surface area (Å²) in [5.41, 5.74) is 0.991. The largest absolute Gasteiger partial charge is 1.00 e. The van der Waals surface area contributed by atoms with Gasteiger partial charge in [0.2, 0.25) is 5.60 Å². The topological polar surface area (TPSA) is 75.1 Å². The van der Waals surface area contributed by atoms with Crippen LogP contribution < -0.4 is 74.1 Å². The summed E-state index contributed by atoms with van der Waals surface area (Å²) in [5, 5.41) is 24.0. The summed E-state index contributed by atoms with van der Waals surface area (Å²) < 4.78 is 10.4. The number of halogens is 4. The third-order valence-electron chi connectivity index (χ3n) is 5.04. The first-order valence-electron chi connectivity index (χ1n) is 8.20. The molecule has 0 aliphatic carbocycles. The van der Waals surface area contributed by atoms with E-state index in [0.717, 1.165) is 0 Å². The predicted molar refractivity (Wildman–Crippen MR) is 116 cm³/mol. The van der Waals surface area contributed by atoms with Crippen molar-refractivity contribution in [1.29, 1.82) is 0 Å². The second kappa shape index (κ2) is 9.24. The maximum atomic E-state index is 13.4. The Morgan fingerprint density at radius 1 is 0.839 bits per heavy atom. The van der Waals surface area contributed by atoms with Gasteiger partial charge in [-0.25, -0.2) is 0 Å². The molecule has 3 aromatic rings. The van der Waals surface area contributed by atoms with Crippen molar-refractivity contribution in [3.8, 4) is 23.0 Å². The molecule has 2 aliphatic rings. The van der Waals surface area contributed by atoms with Crippen LogP contribution >= 0.6 is 64.0 Å². The smallest absolute Gasteiger partial charge is 0.872 e. The van der Waals surface area contributed by atoms with E-state index in [1.165, 1.54) is 24.3 Å². The van der Waals surface area contributed by atoms with Crippen LogP contribution in [0, 0.1) is 0 Å². The molecule has 5 rings (SSSR count). The van der Waals surface area contributed by atoms with Crippen molar-refractivity contribution in [2.75, 3.05) is 0 Å². The molecule has 2 aliphatic heterocycles. The molecule has 0 unspecified atom stereocenters. The third kappa shape index (κ3) is 3.63. The van der Waals surface area contributed by atoms with E-state index in [9.17, 15) is 15.0 Å². The van der Waals surface area contributed by atoms with Crippen LogP contribution in [0.1, 0.15) is 27.0 Å². The van der Waals surface area contributed by atoms with E-state index in [1.807, 2.05) is 6.07 Å². The van der Waals surface area contributed by atoms with Crippen molar-refractivity contribution in [2.24, 2.45) is 0 Å². The van der Waals surface area contributed by atoms with Gasteiger partial charge in [0, 0.05) is 13.7 Å². The Morgan fingerprint density at radius 2 is 1.35 bits per heavy atom. The van der Waals surface area contributed by atoms with E-state index in [0.29, 0.717) is 35.7 Å². The molecule has 0 saturated carbocycles. The summed E-state index contributed by atoms with van der Waals surface area (Å²) in [6.45, 7) is 0. The van der Waals surface area contributed by atoms with Crippen molar-refractivity contribution < 1.29 is 82.3 Å². The van der Waals surface area contributed by atoms with Gasteiger partial charge in [-0.05, 0) is 62.2 Å². The fourth-order valence-corrected chi connectivity index (χ4v) is 6.52. The maximum absolute atomic E-state index is 13.4. The molecule has 2 heterocycles. The summed E-state index contributed by atoms with van der Waals surface area (Å²) >= 11 is 14.0. The Balaban J connectivity index is 0.00000136. The van der Waals surface area contributed by atoms with E-state index in [-0.39, 0.29) is 88.1 Å². The quantitative estimate of drug-likeness (QED) is 0.139. The Hall–Kier alpha value is 0.450. The summed E-state index contributed by atoms with van der Waals surface area (Å²) in [7, 11) is 0. The molecule has 11 heteroatoms. The molecule has 3 aromatic carbocycles. The number of hydrogen-bond acceptors (Lipinski definition) is 4. The average molecular weight is 693 g/mol. The van der Waals surface area contributed by atoms with Crippen LogP contribution in [0.25, 0.3) is 0 Å². The number of carbonyl (C=O) groups is 1. The molecule has 146 valence electrons. The SMILES string of the molecule is O=C1c2c(Br)c(Br)cc(Br)c2C2(c3ccc([O-])cc3Oc3cc([O-])ccc32)[O+]1Br.[Na+].[Na+]. The van der Waals surface area contributed by atoms with Crippen molar-refractivity contribution in [3.63, 3.8) is 0 Å². The van der Waals surface area contributed by atoms with Gasteiger partial charge in [0.1, 0.15) is 11.5 Å². The number of carbonyl (C=O) groups excluding carboxylic acids is 1. The molecule has 0 radical (unpaired) electrons. The van der Waals surface area contributed by atoms with Crippen LogP contribution in [-0.2, 0) is 9.06 Å². The van der Waals surface area contributed by atoms with Crippen LogP contribution in [0.3, 0.4) is 0 Å². The maximum Gasteiger partial charge on any atom is 1.00 e. The molecule has 1 spiro atoms. The summed E-state index contributed by atoms with van der Waals surface area (Å²) in [5.74, 6) is -0.289. The van der Waals surface area contributed by atoms with Crippen LogP contribution in [0.15, 0.2) is 55.9 Å². The Bertz CT molecular complexity index is 1200. The standard InChI is InChI=1S/C20H8Br4O5.2Na/c21-12-7-13(22)18(23)16-17(12)20(29(24)19(16)27)10-3-1-8(25)5-14(10)28-15-6-9(26)2-4-11(15)20;;/h1-7H,(H-,25,26);;/q;2*+1/p-1. The van der Waals surface area contributed by atoms with E-state index >= 15 is 0 Å². The first kappa shape index (κ1) is 26.1. The first-order chi connectivity index (χ1) is 13.8. The van der Waals surface area contributed by atoms with Gasteiger partial charge in [-0.1, -0.05) is 28.1 Å². The Labute approximate surface area is 255 Å². The summed E-state index contributed by atoms with van der Waals surface area (Å²) in [6.07, 6.45) is 0. The Kier molecular flexibility index (Phi) is 7.77. The second-order valence-corrected chi connectivity index (χ2v) is 9.70. The minimum absolute atomic E-state index is 0. The van der Waals surface area contributed by atoms with Gasteiger partial charge in [0.25, 0.3) is 16.3 Å². The van der Waals surface area contributed by atoms with E-state index < -0.39 is 5.60 Å². The third-order valence-corrected chi connectivity index (χ3v) is 8.43. The summed E-state index contributed by atoms with van der Waals surface area (Å²) in [6, 6.07) is 10.6. The van der Waals surface area contributed by atoms with E-state index in [2.05, 4.69) is 67.5 Å².